The van der Waals surface area contributed by atoms with Gasteiger partial charge in [0.2, 0.25) is 11.4 Å². The minimum atomic E-state index is -1.35. The van der Waals surface area contributed by atoms with Gasteiger partial charge in [-0.25, -0.2) is 10.0 Å². The van der Waals surface area contributed by atoms with Crippen LogP contribution in [0, 0.1) is 5.21 Å². The summed E-state index contributed by atoms with van der Waals surface area (Å²) in [5.74, 6) is -1.13. The normalized spacial score (nSPS) is 12.3. The van der Waals surface area contributed by atoms with Crippen LogP contribution in [0.3, 0.4) is 0 Å². The smallest absolute Gasteiger partial charge is 0.351 e. The van der Waals surface area contributed by atoms with E-state index in [1.807, 2.05) is 60.7 Å². The molecule has 0 aromatic heterocycles. The Bertz CT molecular complexity index is 1050. The molecule has 0 amide bonds. The van der Waals surface area contributed by atoms with Crippen molar-refractivity contribution >= 4 is 17.7 Å². The molecule has 0 heterocycles. The third-order valence-electron chi connectivity index (χ3n) is 4.39. The maximum atomic E-state index is 12.1. The molecule has 3 rings (SSSR count). The van der Waals surface area contributed by atoms with Crippen molar-refractivity contribution in [1.82, 2.24) is 0 Å². The van der Waals surface area contributed by atoms with Gasteiger partial charge >= 0.3 is 5.97 Å². The number of carbonyl (C=O) groups is 1. The van der Waals surface area contributed by atoms with Gasteiger partial charge < -0.3 is 25.5 Å². The van der Waals surface area contributed by atoms with E-state index in [1.165, 1.54) is 12.1 Å². The van der Waals surface area contributed by atoms with Gasteiger partial charge in [-0.05, 0) is 29.3 Å². The maximum absolute atomic E-state index is 12.1. The second-order valence-electron chi connectivity index (χ2n) is 6.62. The molecular formula is C23H22N2O6. The number of hydrogen-bond acceptors (Lipinski definition) is 6. The molecule has 0 bridgehead atoms. The van der Waals surface area contributed by atoms with Gasteiger partial charge in [0.15, 0.2) is 5.75 Å². The Morgan fingerprint density at radius 1 is 0.935 bits per heavy atom. The van der Waals surface area contributed by atoms with Crippen molar-refractivity contribution in [2.45, 2.75) is 13.2 Å². The number of aliphatic carboxylic acids is 1. The lowest BCUT2D eigenvalue weighted by molar-refractivity contribution is -0.991. The van der Waals surface area contributed by atoms with Gasteiger partial charge in [0.1, 0.15) is 18.9 Å². The number of carboxylic acid groups (broad SMARTS) is 1. The fourth-order valence-corrected chi connectivity index (χ4v) is 2.87. The quantitative estimate of drug-likeness (QED) is 0.308. The number of carboxylic acids is 1. The van der Waals surface area contributed by atoms with Crippen LogP contribution in [0.2, 0.25) is 0 Å². The summed E-state index contributed by atoms with van der Waals surface area (Å²) in [5.41, 5.74) is 6.61. The molecule has 0 aliphatic rings. The van der Waals surface area contributed by atoms with Crippen LogP contribution in [-0.4, -0.2) is 16.3 Å². The third kappa shape index (κ3) is 5.83. The third-order valence-corrected chi connectivity index (χ3v) is 4.39. The van der Waals surface area contributed by atoms with Crippen LogP contribution in [0.1, 0.15) is 16.7 Å². The van der Waals surface area contributed by atoms with Gasteiger partial charge in [-0.1, -0.05) is 60.7 Å². The van der Waals surface area contributed by atoms with Crippen LogP contribution in [0.25, 0.3) is 6.08 Å². The lowest BCUT2D eigenvalue weighted by Gasteiger charge is -2.21. The fourth-order valence-electron chi connectivity index (χ4n) is 2.87. The molecule has 1 unspecified atom stereocenters. The van der Waals surface area contributed by atoms with Crippen LogP contribution in [0.4, 0.5) is 5.69 Å². The Morgan fingerprint density at radius 2 is 1.48 bits per heavy atom. The molecule has 3 aromatic rings. The van der Waals surface area contributed by atoms with E-state index in [1.54, 1.807) is 0 Å². The number of rotatable bonds is 9. The number of hydrogen-bond donors (Lipinski definition) is 4. The fraction of sp³-hybridized carbons (Fsp3) is 0.0870. The van der Waals surface area contributed by atoms with Crippen molar-refractivity contribution in [3.63, 3.8) is 0 Å². The first kappa shape index (κ1) is 21.8. The van der Waals surface area contributed by atoms with Crippen molar-refractivity contribution in [2.75, 3.05) is 0 Å². The van der Waals surface area contributed by atoms with Gasteiger partial charge in [-0.2, -0.15) is 5.23 Å². The first-order chi connectivity index (χ1) is 15.0. The molecule has 3 aromatic carbocycles. The van der Waals surface area contributed by atoms with Crippen LogP contribution >= 0.6 is 0 Å². The van der Waals surface area contributed by atoms with Gasteiger partial charge in [0.05, 0.1) is 0 Å². The summed E-state index contributed by atoms with van der Waals surface area (Å²) in [7, 11) is 0. The van der Waals surface area contributed by atoms with Gasteiger partial charge in [0, 0.05) is 5.56 Å². The molecular weight excluding hydrogens is 400 g/mol. The SMILES string of the molecule is N/C(=C\c1ccc(OCc2ccccc2)c(OCc2ccccc2)c1[NH+]([O-])O)C(=O)O. The molecule has 0 fully saturated rings. The zero-order chi connectivity index (χ0) is 22.2. The maximum Gasteiger partial charge on any atom is 0.351 e. The highest BCUT2D eigenvalue weighted by atomic mass is 16.8. The lowest BCUT2D eigenvalue weighted by Crippen LogP contribution is -2.99. The van der Waals surface area contributed by atoms with E-state index in [4.69, 9.17) is 20.3 Å². The largest absolute Gasteiger partial charge is 0.595 e. The van der Waals surface area contributed by atoms with Crippen molar-refractivity contribution in [1.29, 1.82) is 0 Å². The molecule has 5 N–H and O–H groups in total. The highest BCUT2D eigenvalue weighted by molar-refractivity contribution is 5.92. The van der Waals surface area contributed by atoms with E-state index in [0.717, 1.165) is 17.2 Å². The van der Waals surface area contributed by atoms with Crippen molar-refractivity contribution in [3.05, 3.63) is 100 Å². The summed E-state index contributed by atoms with van der Waals surface area (Å²) in [6.07, 6.45) is 1.09. The predicted octanol–water partition coefficient (Wildman–Crippen LogP) is 2.63. The highest BCUT2D eigenvalue weighted by Gasteiger charge is 2.22. The van der Waals surface area contributed by atoms with Crippen molar-refractivity contribution in [2.24, 2.45) is 5.73 Å². The van der Waals surface area contributed by atoms with Gasteiger partial charge in [-0.15, -0.1) is 0 Å². The Labute approximate surface area is 178 Å². The zero-order valence-corrected chi connectivity index (χ0v) is 16.5. The summed E-state index contributed by atoms with van der Waals surface area (Å²) in [6.45, 7) is 0.304. The number of nitrogens with one attached hydrogen (secondary N) is 1. The Balaban J connectivity index is 2.00. The second kappa shape index (κ2) is 10.3. The number of benzene rings is 3. The zero-order valence-electron chi connectivity index (χ0n) is 16.5. The predicted molar refractivity (Wildman–Crippen MR) is 114 cm³/mol. The molecule has 0 aliphatic carbocycles. The minimum Gasteiger partial charge on any atom is -0.595 e. The van der Waals surface area contributed by atoms with Crippen LogP contribution < -0.4 is 20.4 Å². The van der Waals surface area contributed by atoms with Crippen molar-refractivity contribution < 1.29 is 29.8 Å². The molecule has 160 valence electrons. The molecule has 1 atom stereocenters. The van der Waals surface area contributed by atoms with E-state index in [0.29, 0.717) is 0 Å². The van der Waals surface area contributed by atoms with E-state index in [-0.39, 0.29) is 36.0 Å². The Hall–Kier alpha value is -3.85. The summed E-state index contributed by atoms with van der Waals surface area (Å²) >= 11 is 0. The van der Waals surface area contributed by atoms with Crippen LogP contribution in [0.5, 0.6) is 11.5 Å². The topological polar surface area (TPSA) is 130 Å². The summed E-state index contributed by atoms with van der Waals surface area (Å²) < 4.78 is 11.7. The van der Waals surface area contributed by atoms with E-state index >= 15 is 0 Å². The molecule has 0 spiro atoms. The Morgan fingerprint density at radius 3 is 2.00 bits per heavy atom. The highest BCUT2D eigenvalue weighted by Crippen LogP contribution is 2.38. The van der Waals surface area contributed by atoms with E-state index < -0.39 is 16.9 Å². The van der Waals surface area contributed by atoms with E-state index in [9.17, 15) is 15.2 Å². The number of ether oxygens (including phenoxy) is 2. The molecule has 0 aliphatic heterocycles. The summed E-state index contributed by atoms with van der Waals surface area (Å²) in [4.78, 5) is 11.1. The number of quaternary nitrogens is 1. The number of nitrogens with two attached hydrogens (primary N) is 1. The molecule has 8 heteroatoms. The van der Waals surface area contributed by atoms with Crippen molar-refractivity contribution in [3.8, 4) is 11.5 Å². The molecule has 0 saturated heterocycles. The van der Waals surface area contributed by atoms with Gasteiger partial charge in [-0.3, -0.25) is 0 Å². The first-order valence-electron chi connectivity index (χ1n) is 9.40. The van der Waals surface area contributed by atoms with Crippen LogP contribution in [0.15, 0.2) is 78.5 Å². The molecule has 0 radical (unpaired) electrons. The average molecular weight is 422 g/mol. The standard InChI is InChI=1S/C23H22N2O6/c24-19(23(26)27)13-18-11-12-20(30-14-16-7-3-1-4-8-16)22(21(18)25(28)29)31-15-17-9-5-2-6-10-17/h1-13,25,28H,14-15,24H2,(H,26,27)/b19-13-. The van der Waals surface area contributed by atoms with Crippen LogP contribution in [-0.2, 0) is 18.0 Å². The monoisotopic (exact) mass is 422 g/mol. The summed E-state index contributed by atoms with van der Waals surface area (Å²) in [5, 5.41) is 29.7. The molecule has 31 heavy (non-hydrogen) atoms. The van der Waals surface area contributed by atoms with E-state index in [2.05, 4.69) is 0 Å². The lowest BCUT2D eigenvalue weighted by atomic mass is 10.1. The summed E-state index contributed by atoms with van der Waals surface area (Å²) in [6, 6.07) is 21.6. The minimum absolute atomic E-state index is 0.000719. The second-order valence-corrected chi connectivity index (χ2v) is 6.62. The van der Waals surface area contributed by atoms with Gasteiger partial charge in [0.25, 0.3) is 0 Å². The molecule has 8 nitrogen and oxygen atoms in total. The average Bonchev–Trinajstić information content (AvgIpc) is 2.77. The molecule has 0 saturated carbocycles. The Kier molecular flexibility index (Phi) is 7.23. The first-order valence-corrected chi connectivity index (χ1v) is 9.40.